The molecule has 1 saturated heterocycles. The number of hydrogen-bond acceptors (Lipinski definition) is 5. The molecule has 19 heavy (non-hydrogen) atoms. The fourth-order valence-corrected chi connectivity index (χ4v) is 2.39. The molecule has 2 rings (SSSR count). The topological polar surface area (TPSA) is 52.5 Å². The highest BCUT2D eigenvalue weighted by atomic mass is 16.3. The van der Waals surface area contributed by atoms with E-state index < -0.39 is 0 Å². The molecule has 1 fully saturated rings. The molecule has 1 aromatic heterocycles. The Morgan fingerprint density at radius 3 is 2.95 bits per heavy atom. The van der Waals surface area contributed by atoms with Crippen LogP contribution in [0.15, 0.2) is 12.4 Å². The van der Waals surface area contributed by atoms with Gasteiger partial charge in [-0.1, -0.05) is 0 Å². The van der Waals surface area contributed by atoms with Gasteiger partial charge in [-0.05, 0) is 32.6 Å². The molecule has 0 amide bonds. The molecule has 0 aliphatic carbocycles. The lowest BCUT2D eigenvalue weighted by Gasteiger charge is -2.33. The Hall–Kier alpha value is -1.36. The Kier molecular flexibility index (Phi) is 4.58. The van der Waals surface area contributed by atoms with Crippen LogP contribution in [0.3, 0.4) is 0 Å². The lowest BCUT2D eigenvalue weighted by molar-refractivity contribution is 0.208. The summed E-state index contributed by atoms with van der Waals surface area (Å²) in [6.07, 6.45) is 3.85. The summed E-state index contributed by atoms with van der Waals surface area (Å²) in [6, 6.07) is 2.45. The quantitative estimate of drug-likeness (QED) is 0.894. The molecule has 0 saturated carbocycles. The maximum Gasteiger partial charge on any atom is 0.134 e. The minimum atomic E-state index is 0.264. The first kappa shape index (κ1) is 14.1. The molecule has 1 aromatic rings. The van der Waals surface area contributed by atoms with E-state index in [1.54, 1.807) is 6.33 Å². The van der Waals surface area contributed by atoms with Gasteiger partial charge in [0.25, 0.3) is 0 Å². The second kappa shape index (κ2) is 6.19. The van der Waals surface area contributed by atoms with Crippen LogP contribution >= 0.6 is 0 Å². The van der Waals surface area contributed by atoms with E-state index >= 15 is 0 Å². The monoisotopic (exact) mass is 264 g/mol. The fourth-order valence-electron chi connectivity index (χ4n) is 2.39. The zero-order chi connectivity index (χ0) is 13.8. The van der Waals surface area contributed by atoms with Crippen molar-refractivity contribution in [2.45, 2.75) is 32.7 Å². The number of aliphatic hydroxyl groups excluding tert-OH is 1. The summed E-state index contributed by atoms with van der Waals surface area (Å²) in [6.45, 7) is 6.45. The molecule has 0 radical (unpaired) electrons. The van der Waals surface area contributed by atoms with Crippen LogP contribution in [0.1, 0.15) is 26.7 Å². The molecule has 1 N–H and O–H groups in total. The van der Waals surface area contributed by atoms with Gasteiger partial charge in [0.15, 0.2) is 0 Å². The number of rotatable bonds is 4. The molecule has 1 unspecified atom stereocenters. The SMILES string of the molecule is CC(C)N(C)c1cc(N2CCCC(CO)C2)ncn1. The molecular formula is C14H24N4O. The van der Waals surface area contributed by atoms with Crippen molar-refractivity contribution in [2.75, 3.05) is 36.5 Å². The minimum Gasteiger partial charge on any atom is -0.396 e. The molecule has 2 heterocycles. The zero-order valence-corrected chi connectivity index (χ0v) is 12.1. The first-order valence-electron chi connectivity index (χ1n) is 7.02. The van der Waals surface area contributed by atoms with Gasteiger partial charge in [0.1, 0.15) is 18.0 Å². The number of anilines is 2. The van der Waals surface area contributed by atoms with Crippen LogP contribution in [0.25, 0.3) is 0 Å². The first-order chi connectivity index (χ1) is 9.11. The van der Waals surface area contributed by atoms with Gasteiger partial charge >= 0.3 is 0 Å². The van der Waals surface area contributed by atoms with Gasteiger partial charge in [-0.15, -0.1) is 0 Å². The second-order valence-electron chi connectivity index (χ2n) is 5.58. The number of aromatic nitrogens is 2. The van der Waals surface area contributed by atoms with E-state index in [9.17, 15) is 5.11 Å². The number of hydrogen-bond donors (Lipinski definition) is 1. The maximum atomic E-state index is 9.30. The minimum absolute atomic E-state index is 0.264. The molecular weight excluding hydrogens is 240 g/mol. The van der Waals surface area contributed by atoms with Gasteiger partial charge in [0.2, 0.25) is 0 Å². The highest BCUT2D eigenvalue weighted by Gasteiger charge is 2.21. The summed E-state index contributed by atoms with van der Waals surface area (Å²) in [5.74, 6) is 2.29. The molecule has 0 bridgehead atoms. The van der Waals surface area contributed by atoms with Gasteiger partial charge in [0.05, 0.1) is 0 Å². The summed E-state index contributed by atoms with van der Waals surface area (Å²) in [5, 5.41) is 9.30. The number of nitrogens with zero attached hydrogens (tertiary/aromatic N) is 4. The van der Waals surface area contributed by atoms with Crippen molar-refractivity contribution in [1.82, 2.24) is 9.97 Å². The largest absolute Gasteiger partial charge is 0.396 e. The van der Waals surface area contributed by atoms with Gasteiger partial charge in [-0.2, -0.15) is 0 Å². The van der Waals surface area contributed by atoms with E-state index in [-0.39, 0.29) is 6.61 Å². The van der Waals surface area contributed by atoms with Crippen LogP contribution in [-0.2, 0) is 0 Å². The summed E-state index contributed by atoms with van der Waals surface area (Å²) < 4.78 is 0. The van der Waals surface area contributed by atoms with Crippen LogP contribution in [0.4, 0.5) is 11.6 Å². The van der Waals surface area contributed by atoms with Gasteiger partial charge < -0.3 is 14.9 Å². The van der Waals surface area contributed by atoms with Crippen LogP contribution in [0.5, 0.6) is 0 Å². The number of aliphatic hydroxyl groups is 1. The van der Waals surface area contributed by atoms with Crippen molar-refractivity contribution >= 4 is 11.6 Å². The van der Waals surface area contributed by atoms with Crippen molar-refractivity contribution < 1.29 is 5.11 Å². The average Bonchev–Trinajstić information content (AvgIpc) is 2.46. The van der Waals surface area contributed by atoms with Crippen LogP contribution in [-0.4, -0.2) is 47.9 Å². The van der Waals surface area contributed by atoms with E-state index in [0.29, 0.717) is 12.0 Å². The molecule has 5 heteroatoms. The molecule has 0 aromatic carbocycles. The van der Waals surface area contributed by atoms with Crippen LogP contribution < -0.4 is 9.80 Å². The maximum absolute atomic E-state index is 9.30. The first-order valence-corrected chi connectivity index (χ1v) is 7.02. The normalized spacial score (nSPS) is 19.8. The highest BCUT2D eigenvalue weighted by molar-refractivity contribution is 5.50. The lowest BCUT2D eigenvalue weighted by Crippen LogP contribution is -2.37. The molecule has 1 atom stereocenters. The smallest absolute Gasteiger partial charge is 0.134 e. The Morgan fingerprint density at radius 1 is 1.47 bits per heavy atom. The van der Waals surface area contributed by atoms with Crippen molar-refractivity contribution in [3.8, 4) is 0 Å². The third kappa shape index (κ3) is 3.35. The Labute approximate surface area is 115 Å². The van der Waals surface area contributed by atoms with E-state index in [4.69, 9.17) is 0 Å². The van der Waals surface area contributed by atoms with E-state index in [2.05, 4.69) is 33.6 Å². The zero-order valence-electron chi connectivity index (χ0n) is 12.1. The Morgan fingerprint density at radius 2 is 2.26 bits per heavy atom. The summed E-state index contributed by atoms with van der Waals surface area (Å²) in [7, 11) is 2.05. The van der Waals surface area contributed by atoms with E-state index in [1.807, 2.05) is 13.1 Å². The highest BCUT2D eigenvalue weighted by Crippen LogP contribution is 2.23. The van der Waals surface area contributed by atoms with E-state index in [1.165, 1.54) is 0 Å². The van der Waals surface area contributed by atoms with Crippen molar-refractivity contribution in [2.24, 2.45) is 5.92 Å². The van der Waals surface area contributed by atoms with Gasteiger partial charge in [-0.3, -0.25) is 0 Å². The standard InChI is InChI=1S/C14H24N4O/c1-11(2)17(3)13-7-14(16-10-15-13)18-6-4-5-12(8-18)9-19/h7,10-12,19H,4-6,8-9H2,1-3H3. The second-order valence-corrected chi connectivity index (χ2v) is 5.58. The molecule has 5 nitrogen and oxygen atoms in total. The third-order valence-electron chi connectivity index (χ3n) is 3.88. The molecule has 1 aliphatic heterocycles. The van der Waals surface area contributed by atoms with Crippen molar-refractivity contribution in [3.63, 3.8) is 0 Å². The Balaban J connectivity index is 2.14. The Bertz CT molecular complexity index is 410. The molecule has 106 valence electrons. The van der Waals surface area contributed by atoms with E-state index in [0.717, 1.165) is 37.6 Å². The van der Waals surface area contributed by atoms with Gasteiger partial charge in [0, 0.05) is 38.9 Å². The van der Waals surface area contributed by atoms with Gasteiger partial charge in [-0.25, -0.2) is 9.97 Å². The summed E-state index contributed by atoms with van der Waals surface area (Å²) in [4.78, 5) is 13.1. The lowest BCUT2D eigenvalue weighted by atomic mass is 9.99. The summed E-state index contributed by atoms with van der Waals surface area (Å²) >= 11 is 0. The number of piperidine rings is 1. The molecule has 0 spiro atoms. The predicted octanol–water partition coefficient (Wildman–Crippen LogP) is 1.53. The molecule has 1 aliphatic rings. The fraction of sp³-hybridized carbons (Fsp3) is 0.714. The van der Waals surface area contributed by atoms with Crippen LogP contribution in [0.2, 0.25) is 0 Å². The summed E-state index contributed by atoms with van der Waals surface area (Å²) in [5.41, 5.74) is 0. The van der Waals surface area contributed by atoms with Crippen LogP contribution in [0, 0.1) is 5.92 Å². The third-order valence-corrected chi connectivity index (χ3v) is 3.88. The average molecular weight is 264 g/mol. The van der Waals surface area contributed by atoms with Crippen molar-refractivity contribution in [3.05, 3.63) is 12.4 Å². The predicted molar refractivity (Wildman–Crippen MR) is 77.6 cm³/mol. The van der Waals surface area contributed by atoms with Crippen molar-refractivity contribution in [1.29, 1.82) is 0 Å².